The third kappa shape index (κ3) is 10.2. The van der Waals surface area contributed by atoms with Gasteiger partial charge in [-0.05, 0) is 80.5 Å². The summed E-state index contributed by atoms with van der Waals surface area (Å²) in [6.45, 7) is 7.79. The summed E-state index contributed by atoms with van der Waals surface area (Å²) in [7, 11) is 0.505. The van der Waals surface area contributed by atoms with Crippen molar-refractivity contribution in [1.29, 1.82) is 0 Å². The highest BCUT2D eigenvalue weighted by Gasteiger charge is 2.18. The Bertz CT molecular complexity index is 1430. The molecule has 2 heterocycles. The van der Waals surface area contributed by atoms with Gasteiger partial charge in [-0.15, -0.1) is 0 Å². The van der Waals surface area contributed by atoms with Crippen LogP contribution in [0.3, 0.4) is 0 Å². The third-order valence-corrected chi connectivity index (χ3v) is 9.61. The average Bonchev–Trinajstić information content (AvgIpc) is 3.46. The van der Waals surface area contributed by atoms with E-state index in [1.54, 1.807) is 24.3 Å². The number of nitrogens with zero attached hydrogens (tertiary/aromatic N) is 4. The molecule has 1 fully saturated rings. The number of thioether (sulfide) groups is 1. The molecule has 0 spiro atoms. The molecule has 2 aromatic carbocycles. The van der Waals surface area contributed by atoms with E-state index in [0.717, 1.165) is 17.5 Å². The molecule has 1 aliphatic heterocycles. The smallest absolute Gasteiger partial charge is 0.229 e. The van der Waals surface area contributed by atoms with Crippen LogP contribution in [0.4, 0.5) is 23.5 Å². The zero-order valence-corrected chi connectivity index (χ0v) is 27.3. The number of amides is 1. The molecule has 1 aromatic heterocycles. The van der Waals surface area contributed by atoms with Crippen molar-refractivity contribution in [3.63, 3.8) is 0 Å². The van der Waals surface area contributed by atoms with E-state index in [4.69, 9.17) is 0 Å². The average molecular weight is 639 g/mol. The fourth-order valence-electron chi connectivity index (χ4n) is 4.78. The second-order valence-corrected chi connectivity index (χ2v) is 13.1. The molecule has 6 N–H and O–H groups in total. The van der Waals surface area contributed by atoms with Gasteiger partial charge in [-0.1, -0.05) is 49.2 Å². The molecule has 5 rings (SSSR count). The molecule has 44 heavy (non-hydrogen) atoms. The van der Waals surface area contributed by atoms with Gasteiger partial charge in [0, 0.05) is 25.8 Å². The SMILES string of the molecule is CC1=NNC(NS(=O)c2ccc(NC=O)cc2)S1.CNc1nc(NCc2cccc(C)c2C)nc(NCC2CCCCC2)n1. The van der Waals surface area contributed by atoms with E-state index in [1.165, 1.54) is 60.6 Å². The standard InChI is InChI=1S/C20H30N6.C10H12N4O2S2/c1-14-8-7-11-17(15(14)2)13-23-20-25-18(21-3)24-19(26-20)22-12-16-9-5-4-6-10-16;1-7-12-13-10(17-7)14-18(16)9-4-2-8(3-5-9)11-6-15/h7-8,11,16H,4-6,9-10,12-13H2,1-3H3,(H3,21,22,23,24,25,26);2-6,10,13-14H,1H3,(H,11,15). The molecular formula is C30H42N10O2S2. The van der Waals surface area contributed by atoms with E-state index in [1.807, 2.05) is 14.0 Å². The molecule has 1 aliphatic carbocycles. The molecule has 236 valence electrons. The van der Waals surface area contributed by atoms with Gasteiger partial charge in [0.05, 0.1) is 9.94 Å². The Morgan fingerprint density at radius 1 is 0.955 bits per heavy atom. The molecule has 1 saturated carbocycles. The topological polar surface area (TPSA) is 157 Å². The van der Waals surface area contributed by atoms with E-state index in [2.05, 4.69) is 83.5 Å². The maximum Gasteiger partial charge on any atom is 0.229 e. The molecule has 0 saturated heterocycles. The lowest BCUT2D eigenvalue weighted by molar-refractivity contribution is -0.105. The number of benzene rings is 2. The van der Waals surface area contributed by atoms with Crippen LogP contribution < -0.4 is 31.4 Å². The van der Waals surface area contributed by atoms with Crippen molar-refractivity contribution in [1.82, 2.24) is 25.1 Å². The highest BCUT2D eigenvalue weighted by molar-refractivity contribution is 8.14. The fraction of sp³-hybridized carbons (Fsp3) is 0.433. The number of hydrogen-bond acceptors (Lipinski definition) is 11. The summed E-state index contributed by atoms with van der Waals surface area (Å²) in [5.41, 5.74) is 7.17. The van der Waals surface area contributed by atoms with E-state index in [9.17, 15) is 9.00 Å². The minimum absolute atomic E-state index is 0.182. The number of carbonyl (C=O) groups excluding carboxylic acids is 1. The minimum atomic E-state index is -1.32. The van der Waals surface area contributed by atoms with Crippen molar-refractivity contribution in [2.24, 2.45) is 11.0 Å². The van der Waals surface area contributed by atoms with Crippen LogP contribution in [0.1, 0.15) is 55.7 Å². The number of nitrogens with one attached hydrogen (secondary N) is 6. The van der Waals surface area contributed by atoms with Crippen molar-refractivity contribution in [2.75, 3.05) is 34.9 Å². The highest BCUT2D eigenvalue weighted by Crippen LogP contribution is 2.24. The van der Waals surface area contributed by atoms with Gasteiger partial charge >= 0.3 is 0 Å². The Morgan fingerprint density at radius 2 is 1.66 bits per heavy atom. The van der Waals surface area contributed by atoms with Crippen molar-refractivity contribution < 1.29 is 9.00 Å². The largest absolute Gasteiger partial charge is 0.357 e. The summed E-state index contributed by atoms with van der Waals surface area (Å²) in [6.07, 6.45) is 7.26. The van der Waals surface area contributed by atoms with Crippen LogP contribution in [-0.4, -0.2) is 49.7 Å². The van der Waals surface area contributed by atoms with Gasteiger partial charge in [-0.3, -0.25) is 10.2 Å². The van der Waals surface area contributed by atoms with E-state index < -0.39 is 11.0 Å². The van der Waals surface area contributed by atoms with Gasteiger partial charge in [-0.2, -0.15) is 20.1 Å². The molecule has 2 atom stereocenters. The molecular weight excluding hydrogens is 597 g/mol. The Kier molecular flexibility index (Phi) is 12.8. The Balaban J connectivity index is 0.000000215. The summed E-state index contributed by atoms with van der Waals surface area (Å²) in [4.78, 5) is 24.3. The van der Waals surface area contributed by atoms with Crippen LogP contribution in [-0.2, 0) is 22.3 Å². The summed E-state index contributed by atoms with van der Waals surface area (Å²) in [5, 5.41) is 17.2. The number of aryl methyl sites for hydroxylation is 1. The van der Waals surface area contributed by atoms with Gasteiger partial charge in [0.15, 0.2) is 5.50 Å². The summed E-state index contributed by atoms with van der Waals surface area (Å²) in [6, 6.07) is 13.1. The van der Waals surface area contributed by atoms with E-state index in [0.29, 0.717) is 41.4 Å². The first-order chi connectivity index (χ1) is 21.3. The Labute approximate surface area is 266 Å². The lowest BCUT2D eigenvalue weighted by Crippen LogP contribution is -2.35. The van der Waals surface area contributed by atoms with Crippen molar-refractivity contribution in [2.45, 2.75) is 69.8 Å². The van der Waals surface area contributed by atoms with Crippen LogP contribution in [0.5, 0.6) is 0 Å². The molecule has 0 radical (unpaired) electrons. The summed E-state index contributed by atoms with van der Waals surface area (Å²) in [5.74, 6) is 2.54. The first-order valence-electron chi connectivity index (χ1n) is 14.8. The van der Waals surface area contributed by atoms with Crippen LogP contribution in [0.2, 0.25) is 0 Å². The van der Waals surface area contributed by atoms with Crippen molar-refractivity contribution in [3.8, 4) is 0 Å². The van der Waals surface area contributed by atoms with Crippen LogP contribution in [0.25, 0.3) is 0 Å². The quantitative estimate of drug-likeness (QED) is 0.150. The second-order valence-electron chi connectivity index (χ2n) is 10.6. The number of carbonyl (C=O) groups is 1. The lowest BCUT2D eigenvalue weighted by Gasteiger charge is -2.21. The van der Waals surface area contributed by atoms with Crippen molar-refractivity contribution >= 4 is 57.7 Å². The Morgan fingerprint density at radius 3 is 2.32 bits per heavy atom. The molecule has 0 bridgehead atoms. The van der Waals surface area contributed by atoms with Gasteiger partial charge in [0.1, 0.15) is 11.0 Å². The minimum Gasteiger partial charge on any atom is -0.357 e. The maximum absolute atomic E-state index is 12.0. The Hall–Kier alpha value is -3.75. The van der Waals surface area contributed by atoms with E-state index >= 15 is 0 Å². The third-order valence-electron chi connectivity index (χ3n) is 7.42. The molecule has 2 aliphatic rings. The monoisotopic (exact) mass is 638 g/mol. The van der Waals surface area contributed by atoms with Gasteiger partial charge in [0.25, 0.3) is 0 Å². The first kappa shape index (κ1) is 33.1. The number of rotatable bonds is 12. The number of hydrogen-bond donors (Lipinski definition) is 6. The predicted octanol–water partition coefficient (Wildman–Crippen LogP) is 4.95. The van der Waals surface area contributed by atoms with E-state index in [-0.39, 0.29) is 5.50 Å². The first-order valence-corrected chi connectivity index (χ1v) is 16.8. The normalized spacial score (nSPS) is 16.9. The fourth-order valence-corrected chi connectivity index (χ4v) is 6.55. The number of hydrazone groups is 1. The zero-order valence-electron chi connectivity index (χ0n) is 25.6. The summed E-state index contributed by atoms with van der Waals surface area (Å²) >= 11 is 1.48. The molecule has 3 aromatic rings. The van der Waals surface area contributed by atoms with Crippen LogP contribution in [0, 0.1) is 19.8 Å². The number of anilines is 4. The predicted molar refractivity (Wildman–Crippen MR) is 181 cm³/mol. The van der Waals surface area contributed by atoms with Gasteiger partial charge in [0.2, 0.25) is 24.3 Å². The van der Waals surface area contributed by atoms with Gasteiger partial charge < -0.3 is 21.3 Å². The molecule has 14 heteroatoms. The molecule has 1 amide bonds. The van der Waals surface area contributed by atoms with Crippen LogP contribution in [0.15, 0.2) is 52.5 Å². The highest BCUT2D eigenvalue weighted by atomic mass is 32.2. The summed E-state index contributed by atoms with van der Waals surface area (Å²) < 4.78 is 14.9. The molecule has 12 nitrogen and oxygen atoms in total. The maximum atomic E-state index is 12.0. The van der Waals surface area contributed by atoms with Gasteiger partial charge in [-0.25, -0.2) is 8.93 Å². The zero-order chi connectivity index (χ0) is 31.3. The van der Waals surface area contributed by atoms with Crippen LogP contribution >= 0.6 is 11.8 Å². The van der Waals surface area contributed by atoms with Crippen molar-refractivity contribution in [3.05, 3.63) is 59.2 Å². The second kappa shape index (κ2) is 16.9. The number of aromatic nitrogens is 3. The lowest BCUT2D eigenvalue weighted by atomic mass is 9.89. The molecule has 2 unspecified atom stereocenters.